The van der Waals surface area contributed by atoms with Crippen LogP contribution in [-0.2, 0) is 11.2 Å². The number of rotatable bonds is 6. The number of nitrogens with zero attached hydrogens (tertiary/aromatic N) is 4. The number of benzene rings is 1. The van der Waals surface area contributed by atoms with Crippen LogP contribution in [0.2, 0.25) is 0 Å². The zero-order valence-electron chi connectivity index (χ0n) is 18.5. The van der Waals surface area contributed by atoms with Crippen LogP contribution in [0.25, 0.3) is 11.1 Å². The molecule has 3 aromatic rings. The van der Waals surface area contributed by atoms with Gasteiger partial charge in [-0.3, -0.25) is 9.78 Å². The van der Waals surface area contributed by atoms with E-state index in [0.29, 0.717) is 0 Å². The van der Waals surface area contributed by atoms with E-state index in [2.05, 4.69) is 34.0 Å². The topological polar surface area (TPSA) is 71.0 Å². The molecule has 1 aliphatic rings. The zero-order valence-corrected chi connectivity index (χ0v) is 18.5. The largest absolute Gasteiger partial charge is 0.353 e. The van der Waals surface area contributed by atoms with Gasteiger partial charge in [0.25, 0.3) is 0 Å². The lowest BCUT2D eigenvalue weighted by molar-refractivity contribution is -0.121. The van der Waals surface area contributed by atoms with Gasteiger partial charge < -0.3 is 10.2 Å². The van der Waals surface area contributed by atoms with Gasteiger partial charge in [-0.25, -0.2) is 14.4 Å². The number of carbonyl (C=O) groups is 1. The molecule has 0 spiro atoms. The number of piperidine rings is 1. The molecule has 0 atom stereocenters. The van der Waals surface area contributed by atoms with Crippen molar-refractivity contribution >= 4 is 11.9 Å². The molecular weight excluding hydrogens is 405 g/mol. The molecule has 3 heterocycles. The Labute approximate surface area is 187 Å². The van der Waals surface area contributed by atoms with Crippen LogP contribution >= 0.6 is 0 Å². The second-order valence-corrected chi connectivity index (χ2v) is 8.49. The normalized spacial score (nSPS) is 14.6. The molecule has 2 aromatic heterocycles. The Morgan fingerprint density at radius 1 is 1.12 bits per heavy atom. The first kappa shape index (κ1) is 21.9. The molecule has 0 radical (unpaired) electrons. The van der Waals surface area contributed by atoms with Crippen molar-refractivity contribution in [1.29, 1.82) is 0 Å². The van der Waals surface area contributed by atoms with Gasteiger partial charge in [0.2, 0.25) is 11.9 Å². The predicted molar refractivity (Wildman–Crippen MR) is 123 cm³/mol. The van der Waals surface area contributed by atoms with Crippen molar-refractivity contribution < 1.29 is 9.18 Å². The maximum atomic E-state index is 13.0. The van der Waals surface area contributed by atoms with Gasteiger partial charge in [0, 0.05) is 43.3 Å². The highest BCUT2D eigenvalue weighted by Crippen LogP contribution is 2.29. The van der Waals surface area contributed by atoms with E-state index in [-0.39, 0.29) is 30.1 Å². The maximum Gasteiger partial charge on any atom is 0.225 e. The average Bonchev–Trinajstić information content (AvgIpc) is 2.81. The molecule has 0 bridgehead atoms. The van der Waals surface area contributed by atoms with Crippen molar-refractivity contribution in [3.8, 4) is 11.1 Å². The third-order valence-corrected chi connectivity index (χ3v) is 5.76. The van der Waals surface area contributed by atoms with Crippen LogP contribution in [0.15, 0.2) is 55.0 Å². The van der Waals surface area contributed by atoms with Gasteiger partial charge >= 0.3 is 0 Å². The summed E-state index contributed by atoms with van der Waals surface area (Å²) in [5, 5.41) is 3.11. The van der Waals surface area contributed by atoms with Gasteiger partial charge in [-0.05, 0) is 54.2 Å². The summed E-state index contributed by atoms with van der Waals surface area (Å²) in [5.74, 6) is 0.680. The summed E-state index contributed by atoms with van der Waals surface area (Å²) >= 11 is 0. The van der Waals surface area contributed by atoms with Crippen molar-refractivity contribution in [3.05, 3.63) is 72.1 Å². The van der Waals surface area contributed by atoms with E-state index < -0.39 is 0 Å². The summed E-state index contributed by atoms with van der Waals surface area (Å²) in [7, 11) is 0. The van der Waals surface area contributed by atoms with E-state index in [4.69, 9.17) is 4.98 Å². The number of amides is 1. The molecule has 4 rings (SSSR count). The molecule has 1 saturated heterocycles. The molecule has 0 unspecified atom stereocenters. The lowest BCUT2D eigenvalue weighted by Crippen LogP contribution is -2.45. The second kappa shape index (κ2) is 9.85. The van der Waals surface area contributed by atoms with Gasteiger partial charge in [-0.2, -0.15) is 0 Å². The number of hydrogen-bond acceptors (Lipinski definition) is 5. The van der Waals surface area contributed by atoms with Crippen LogP contribution in [0.1, 0.15) is 43.9 Å². The molecule has 0 aliphatic carbocycles. The standard InChI is InChI=1S/C25H28FN5O/c1-17(2)24-22(19-7-11-27-12-8-19)16-28-25(30-24)31-13-9-21(10-14-31)29-23(32)15-18-3-5-20(26)6-4-18/h3-8,11-12,16-17,21H,9-10,13-15H2,1-2H3,(H,29,32). The van der Waals surface area contributed by atoms with Crippen molar-refractivity contribution in [1.82, 2.24) is 20.3 Å². The first-order valence-corrected chi connectivity index (χ1v) is 11.1. The number of carbonyl (C=O) groups excluding carboxylic acids is 1. The van der Waals surface area contributed by atoms with Crippen molar-refractivity contribution in [2.75, 3.05) is 18.0 Å². The van der Waals surface area contributed by atoms with Crippen molar-refractivity contribution in [2.45, 2.75) is 45.1 Å². The highest BCUT2D eigenvalue weighted by Gasteiger charge is 2.23. The SMILES string of the molecule is CC(C)c1nc(N2CCC(NC(=O)Cc3ccc(F)cc3)CC2)ncc1-c1ccncc1. The van der Waals surface area contributed by atoms with E-state index >= 15 is 0 Å². The average molecular weight is 434 g/mol. The van der Waals surface area contributed by atoms with Crippen molar-refractivity contribution in [3.63, 3.8) is 0 Å². The molecule has 166 valence electrons. The third-order valence-electron chi connectivity index (χ3n) is 5.76. The minimum absolute atomic E-state index is 0.0323. The number of aromatic nitrogens is 3. The Hall–Kier alpha value is -3.35. The van der Waals surface area contributed by atoms with Gasteiger partial charge in [0.15, 0.2) is 0 Å². The summed E-state index contributed by atoms with van der Waals surface area (Å²) in [6, 6.07) is 10.1. The molecule has 1 fully saturated rings. The highest BCUT2D eigenvalue weighted by molar-refractivity contribution is 5.78. The summed E-state index contributed by atoms with van der Waals surface area (Å²) in [5.41, 5.74) is 3.94. The maximum absolute atomic E-state index is 13.0. The van der Waals surface area contributed by atoms with Crippen LogP contribution in [0, 0.1) is 5.82 Å². The van der Waals surface area contributed by atoms with Crippen LogP contribution in [-0.4, -0.2) is 40.0 Å². The Morgan fingerprint density at radius 2 is 1.81 bits per heavy atom. The fourth-order valence-electron chi connectivity index (χ4n) is 4.02. The van der Waals surface area contributed by atoms with E-state index in [1.165, 1.54) is 12.1 Å². The number of nitrogens with one attached hydrogen (secondary N) is 1. The van der Waals surface area contributed by atoms with Crippen LogP contribution in [0.5, 0.6) is 0 Å². The fraction of sp³-hybridized carbons (Fsp3) is 0.360. The monoisotopic (exact) mass is 433 g/mol. The molecular formula is C25H28FN5O. The predicted octanol–water partition coefficient (Wildman–Crippen LogP) is 4.13. The highest BCUT2D eigenvalue weighted by atomic mass is 19.1. The number of pyridine rings is 1. The first-order valence-electron chi connectivity index (χ1n) is 11.1. The minimum Gasteiger partial charge on any atom is -0.353 e. The Morgan fingerprint density at radius 3 is 2.47 bits per heavy atom. The third kappa shape index (κ3) is 5.28. The summed E-state index contributed by atoms with van der Waals surface area (Å²) < 4.78 is 13.0. The minimum atomic E-state index is -0.293. The molecule has 32 heavy (non-hydrogen) atoms. The van der Waals surface area contributed by atoms with Gasteiger partial charge in [0.05, 0.1) is 12.1 Å². The van der Waals surface area contributed by atoms with Crippen molar-refractivity contribution in [2.24, 2.45) is 0 Å². The van der Waals surface area contributed by atoms with Crippen LogP contribution in [0.4, 0.5) is 10.3 Å². The number of anilines is 1. The first-order chi connectivity index (χ1) is 15.5. The lowest BCUT2D eigenvalue weighted by atomic mass is 10.00. The summed E-state index contributed by atoms with van der Waals surface area (Å²) in [6.45, 7) is 5.85. The molecule has 1 aromatic carbocycles. The van der Waals surface area contributed by atoms with E-state index in [1.807, 2.05) is 18.3 Å². The second-order valence-electron chi connectivity index (χ2n) is 8.49. The van der Waals surface area contributed by atoms with E-state index in [9.17, 15) is 9.18 Å². The quantitative estimate of drug-likeness (QED) is 0.633. The van der Waals surface area contributed by atoms with Gasteiger partial charge in [-0.1, -0.05) is 26.0 Å². The number of hydrogen-bond donors (Lipinski definition) is 1. The molecule has 7 heteroatoms. The lowest BCUT2D eigenvalue weighted by Gasteiger charge is -2.33. The summed E-state index contributed by atoms with van der Waals surface area (Å²) in [6.07, 6.45) is 7.40. The smallest absolute Gasteiger partial charge is 0.225 e. The van der Waals surface area contributed by atoms with Crippen LogP contribution in [0.3, 0.4) is 0 Å². The van der Waals surface area contributed by atoms with E-state index in [0.717, 1.165) is 54.3 Å². The van der Waals surface area contributed by atoms with Gasteiger partial charge in [0.1, 0.15) is 5.82 Å². The number of halogens is 1. The molecule has 6 nitrogen and oxygen atoms in total. The molecule has 1 amide bonds. The fourth-order valence-corrected chi connectivity index (χ4v) is 4.02. The molecule has 1 N–H and O–H groups in total. The zero-order chi connectivity index (χ0) is 22.5. The molecule has 0 saturated carbocycles. The van der Waals surface area contributed by atoms with Gasteiger partial charge in [-0.15, -0.1) is 0 Å². The Bertz CT molecular complexity index is 1050. The Balaban J connectivity index is 1.37. The molecule has 1 aliphatic heterocycles. The Kier molecular flexibility index (Phi) is 6.73. The summed E-state index contributed by atoms with van der Waals surface area (Å²) in [4.78, 5) is 28.2. The van der Waals surface area contributed by atoms with Crippen LogP contribution < -0.4 is 10.2 Å². The van der Waals surface area contributed by atoms with E-state index in [1.54, 1.807) is 24.5 Å².